The van der Waals surface area contributed by atoms with Crippen LogP contribution in [0.15, 0.2) is 28.2 Å². The van der Waals surface area contributed by atoms with Crippen molar-refractivity contribution in [3.8, 4) is 5.88 Å². The number of aryl methyl sites for hydroxylation is 2. The molecule has 1 atom stereocenters. The van der Waals surface area contributed by atoms with Crippen molar-refractivity contribution in [2.75, 3.05) is 4.90 Å². The lowest BCUT2D eigenvalue weighted by atomic mass is 10.1. The van der Waals surface area contributed by atoms with Crippen LogP contribution in [0.4, 0.5) is 5.69 Å². The highest BCUT2D eigenvalue weighted by Crippen LogP contribution is 2.33. The van der Waals surface area contributed by atoms with Crippen LogP contribution >= 0.6 is 11.8 Å². The average Bonchev–Trinajstić information content (AvgIpc) is 2.78. The van der Waals surface area contributed by atoms with Crippen molar-refractivity contribution >= 4 is 29.3 Å². The third-order valence-electron chi connectivity index (χ3n) is 3.93. The van der Waals surface area contributed by atoms with Crippen LogP contribution < -0.4 is 10.5 Å². The molecule has 1 unspecified atom stereocenters. The zero-order valence-electron chi connectivity index (χ0n) is 14.0. The van der Waals surface area contributed by atoms with Crippen molar-refractivity contribution in [2.24, 2.45) is 0 Å². The molecule has 2 heterocycles. The number of imide groups is 1. The van der Waals surface area contributed by atoms with Gasteiger partial charge in [-0.15, -0.1) is 0 Å². The number of nitrogens with one attached hydrogen (secondary N) is 1. The van der Waals surface area contributed by atoms with E-state index in [0.717, 1.165) is 22.9 Å². The maximum Gasteiger partial charge on any atom is 0.258 e. The molecule has 8 heteroatoms. The summed E-state index contributed by atoms with van der Waals surface area (Å²) in [5.74, 6) is -1.04. The van der Waals surface area contributed by atoms with Crippen LogP contribution in [0.25, 0.3) is 0 Å². The Balaban J connectivity index is 1.88. The Morgan fingerprint density at radius 2 is 1.80 bits per heavy atom. The predicted octanol–water partition coefficient (Wildman–Crippen LogP) is 1.82. The number of aromatic hydroxyl groups is 1. The second-order valence-electron chi connectivity index (χ2n) is 6.04. The first kappa shape index (κ1) is 17.2. The molecule has 1 aliphatic heterocycles. The van der Waals surface area contributed by atoms with E-state index in [1.807, 2.05) is 19.9 Å². The third kappa shape index (κ3) is 3.30. The van der Waals surface area contributed by atoms with Crippen LogP contribution in [-0.4, -0.2) is 32.1 Å². The molecule has 1 saturated heterocycles. The molecule has 0 radical (unpaired) electrons. The minimum atomic E-state index is -0.696. The number of anilines is 1. The van der Waals surface area contributed by atoms with E-state index in [-0.39, 0.29) is 34.8 Å². The molecule has 1 aromatic carbocycles. The van der Waals surface area contributed by atoms with Gasteiger partial charge in [0.2, 0.25) is 17.7 Å². The lowest BCUT2D eigenvalue weighted by molar-refractivity contribution is -0.121. The third-order valence-corrected chi connectivity index (χ3v) is 5.00. The van der Waals surface area contributed by atoms with Crippen molar-refractivity contribution in [1.82, 2.24) is 9.97 Å². The van der Waals surface area contributed by atoms with Crippen LogP contribution in [0.2, 0.25) is 0 Å². The molecule has 1 fully saturated rings. The van der Waals surface area contributed by atoms with E-state index >= 15 is 0 Å². The summed E-state index contributed by atoms with van der Waals surface area (Å²) in [5.41, 5.74) is 2.10. The quantitative estimate of drug-likeness (QED) is 0.640. The van der Waals surface area contributed by atoms with Gasteiger partial charge >= 0.3 is 0 Å². The van der Waals surface area contributed by atoms with Crippen LogP contribution in [0.5, 0.6) is 5.88 Å². The van der Waals surface area contributed by atoms with Gasteiger partial charge in [-0.05, 0) is 44.0 Å². The number of aromatic amines is 1. The molecule has 2 amide bonds. The number of hydrogen-bond acceptors (Lipinski definition) is 6. The number of carbonyl (C=O) groups is 2. The highest BCUT2D eigenvalue weighted by atomic mass is 32.2. The first-order chi connectivity index (χ1) is 11.8. The van der Waals surface area contributed by atoms with Gasteiger partial charge in [0.25, 0.3) is 5.56 Å². The van der Waals surface area contributed by atoms with Gasteiger partial charge in [-0.1, -0.05) is 17.8 Å². The summed E-state index contributed by atoms with van der Waals surface area (Å²) in [4.78, 5) is 44.3. The molecule has 1 aliphatic rings. The van der Waals surface area contributed by atoms with Gasteiger partial charge in [0.05, 0.1) is 11.3 Å². The van der Waals surface area contributed by atoms with Crippen molar-refractivity contribution in [2.45, 2.75) is 37.6 Å². The summed E-state index contributed by atoms with van der Waals surface area (Å²) in [6.07, 6.45) is 0.00877. The Morgan fingerprint density at radius 1 is 1.16 bits per heavy atom. The Hall–Kier alpha value is -2.61. The molecule has 2 N–H and O–H groups in total. The lowest BCUT2D eigenvalue weighted by Gasteiger charge is -2.16. The topological polar surface area (TPSA) is 103 Å². The number of amides is 2. The fourth-order valence-corrected chi connectivity index (χ4v) is 3.73. The summed E-state index contributed by atoms with van der Waals surface area (Å²) in [6.45, 7) is 5.25. The fourth-order valence-electron chi connectivity index (χ4n) is 2.74. The van der Waals surface area contributed by atoms with Gasteiger partial charge in [-0.2, -0.15) is 4.98 Å². The van der Waals surface area contributed by atoms with Gasteiger partial charge < -0.3 is 10.1 Å². The molecule has 7 nitrogen and oxygen atoms in total. The van der Waals surface area contributed by atoms with Crippen LogP contribution in [0.1, 0.15) is 23.1 Å². The number of benzene rings is 1. The van der Waals surface area contributed by atoms with Crippen molar-refractivity contribution in [3.63, 3.8) is 0 Å². The summed E-state index contributed by atoms with van der Waals surface area (Å²) in [5, 5.41) is 9.07. The fraction of sp³-hybridized carbons (Fsp3) is 0.294. The van der Waals surface area contributed by atoms with Crippen molar-refractivity contribution in [1.29, 1.82) is 0 Å². The second-order valence-corrected chi connectivity index (χ2v) is 7.24. The number of thioether (sulfide) groups is 1. The summed E-state index contributed by atoms with van der Waals surface area (Å²) in [7, 11) is 0. The van der Waals surface area contributed by atoms with Gasteiger partial charge in [-0.25, -0.2) is 4.90 Å². The van der Waals surface area contributed by atoms with Gasteiger partial charge in [0, 0.05) is 6.42 Å². The summed E-state index contributed by atoms with van der Waals surface area (Å²) >= 11 is 0.968. The summed E-state index contributed by atoms with van der Waals surface area (Å²) < 4.78 is 0. The molecule has 25 heavy (non-hydrogen) atoms. The van der Waals surface area contributed by atoms with E-state index in [9.17, 15) is 19.5 Å². The highest BCUT2D eigenvalue weighted by molar-refractivity contribution is 8.00. The van der Waals surface area contributed by atoms with Crippen LogP contribution in [-0.2, 0) is 9.59 Å². The molecular formula is C17H17N3O4S. The lowest BCUT2D eigenvalue weighted by Crippen LogP contribution is -2.31. The van der Waals surface area contributed by atoms with E-state index < -0.39 is 10.8 Å². The Kier molecular flexibility index (Phi) is 4.38. The SMILES string of the molecule is Cc1cc(C)cc(N2C(=O)CC(Sc3nc(O)c(C)c(=O)[nH]3)C2=O)c1. The molecule has 3 rings (SSSR count). The van der Waals surface area contributed by atoms with Gasteiger partial charge in [0.1, 0.15) is 5.25 Å². The normalized spacial score (nSPS) is 17.4. The number of H-pyrrole nitrogens is 1. The first-order valence-corrected chi connectivity index (χ1v) is 8.56. The first-order valence-electron chi connectivity index (χ1n) is 7.68. The molecule has 1 aromatic heterocycles. The Labute approximate surface area is 148 Å². The summed E-state index contributed by atoms with van der Waals surface area (Å²) in [6, 6.07) is 5.53. The molecule has 0 spiro atoms. The Morgan fingerprint density at radius 3 is 2.40 bits per heavy atom. The van der Waals surface area contributed by atoms with E-state index in [0.29, 0.717) is 5.69 Å². The van der Waals surface area contributed by atoms with Gasteiger partial charge in [-0.3, -0.25) is 14.4 Å². The van der Waals surface area contributed by atoms with E-state index in [1.54, 1.807) is 12.1 Å². The number of rotatable bonds is 3. The zero-order chi connectivity index (χ0) is 18.3. The number of carbonyl (C=O) groups excluding carboxylic acids is 2. The average molecular weight is 359 g/mol. The van der Waals surface area contributed by atoms with Crippen LogP contribution in [0, 0.1) is 20.8 Å². The molecular weight excluding hydrogens is 342 g/mol. The van der Waals surface area contributed by atoms with E-state index in [4.69, 9.17) is 0 Å². The minimum absolute atomic E-state index is 0.00877. The smallest absolute Gasteiger partial charge is 0.258 e. The molecule has 2 aromatic rings. The molecule has 0 bridgehead atoms. The molecule has 130 valence electrons. The van der Waals surface area contributed by atoms with E-state index in [1.165, 1.54) is 11.8 Å². The minimum Gasteiger partial charge on any atom is -0.493 e. The molecule has 0 aliphatic carbocycles. The zero-order valence-corrected chi connectivity index (χ0v) is 14.8. The van der Waals surface area contributed by atoms with Crippen molar-refractivity contribution in [3.05, 3.63) is 45.2 Å². The largest absolute Gasteiger partial charge is 0.493 e. The second kappa shape index (κ2) is 6.36. The Bertz CT molecular complexity index is 918. The van der Waals surface area contributed by atoms with Crippen molar-refractivity contribution < 1.29 is 14.7 Å². The van der Waals surface area contributed by atoms with Crippen LogP contribution in [0.3, 0.4) is 0 Å². The standard InChI is InChI=1S/C17H17N3O4S/c1-8-4-9(2)6-11(5-8)20-13(21)7-12(16(20)24)25-17-18-14(22)10(3)15(23)19-17/h4-6,12H,7H2,1-3H3,(H2,18,19,22,23). The number of aromatic nitrogens is 2. The monoisotopic (exact) mass is 359 g/mol. The maximum absolute atomic E-state index is 12.7. The van der Waals surface area contributed by atoms with Gasteiger partial charge in [0.15, 0.2) is 5.16 Å². The predicted molar refractivity (Wildman–Crippen MR) is 93.9 cm³/mol. The van der Waals surface area contributed by atoms with E-state index in [2.05, 4.69) is 9.97 Å². The number of nitrogens with zero attached hydrogens (tertiary/aromatic N) is 2. The highest BCUT2D eigenvalue weighted by Gasteiger charge is 2.40. The maximum atomic E-state index is 12.7. The number of hydrogen-bond donors (Lipinski definition) is 2. The molecule has 0 saturated carbocycles.